The van der Waals surface area contributed by atoms with E-state index >= 15 is 0 Å². The monoisotopic (exact) mass is 155 g/mol. The standard InChI is InChI=1S/C8H11O3/c1-6(10)11-8-4-2-3-7(8)5-9/h7-8H,2-4H2,1H3. The minimum Gasteiger partial charge on any atom is -0.462 e. The van der Waals surface area contributed by atoms with E-state index in [1.807, 2.05) is 6.29 Å². The predicted octanol–water partition coefficient (Wildman–Crippen LogP) is 0.828. The second kappa shape index (κ2) is 3.51. The third kappa shape index (κ3) is 2.03. The third-order valence-corrected chi connectivity index (χ3v) is 1.92. The summed E-state index contributed by atoms with van der Waals surface area (Å²) in [5.74, 6) is -0.490. The number of rotatable bonds is 2. The Morgan fingerprint density at radius 3 is 2.82 bits per heavy atom. The lowest BCUT2D eigenvalue weighted by atomic mass is 10.1. The van der Waals surface area contributed by atoms with Gasteiger partial charge in [0, 0.05) is 6.92 Å². The lowest BCUT2D eigenvalue weighted by molar-refractivity contribution is -0.146. The van der Waals surface area contributed by atoms with E-state index in [4.69, 9.17) is 4.74 Å². The average molecular weight is 155 g/mol. The van der Waals surface area contributed by atoms with Gasteiger partial charge >= 0.3 is 5.97 Å². The van der Waals surface area contributed by atoms with Crippen LogP contribution in [0, 0.1) is 5.92 Å². The molecule has 0 aromatic rings. The van der Waals surface area contributed by atoms with Gasteiger partial charge in [-0.15, -0.1) is 0 Å². The molecule has 0 aromatic heterocycles. The van der Waals surface area contributed by atoms with E-state index in [1.165, 1.54) is 6.92 Å². The van der Waals surface area contributed by atoms with Crippen molar-refractivity contribution in [3.8, 4) is 0 Å². The van der Waals surface area contributed by atoms with Gasteiger partial charge in [-0.25, -0.2) is 0 Å². The van der Waals surface area contributed by atoms with E-state index in [1.54, 1.807) is 0 Å². The SMILES string of the molecule is CC(=O)OC1CCCC1[C]=O. The maximum Gasteiger partial charge on any atom is 0.302 e. The van der Waals surface area contributed by atoms with Gasteiger partial charge < -0.3 is 4.74 Å². The first kappa shape index (κ1) is 8.24. The molecule has 2 atom stereocenters. The van der Waals surface area contributed by atoms with E-state index in [0.29, 0.717) is 0 Å². The highest BCUT2D eigenvalue weighted by Crippen LogP contribution is 2.26. The number of carbonyl (C=O) groups excluding carboxylic acids is 2. The molecule has 1 fully saturated rings. The summed E-state index contributed by atoms with van der Waals surface area (Å²) in [6.45, 7) is 1.36. The van der Waals surface area contributed by atoms with Gasteiger partial charge in [0.05, 0.1) is 5.92 Å². The number of esters is 1. The van der Waals surface area contributed by atoms with Crippen molar-refractivity contribution in [2.75, 3.05) is 0 Å². The van der Waals surface area contributed by atoms with Crippen LogP contribution in [0.5, 0.6) is 0 Å². The second-order valence-electron chi connectivity index (χ2n) is 2.80. The first-order valence-corrected chi connectivity index (χ1v) is 3.79. The molecule has 0 amide bonds. The smallest absolute Gasteiger partial charge is 0.302 e. The third-order valence-electron chi connectivity index (χ3n) is 1.92. The van der Waals surface area contributed by atoms with Crippen LogP contribution >= 0.6 is 0 Å². The molecule has 0 N–H and O–H groups in total. The van der Waals surface area contributed by atoms with Gasteiger partial charge in [0.1, 0.15) is 6.10 Å². The van der Waals surface area contributed by atoms with Gasteiger partial charge in [-0.1, -0.05) is 0 Å². The average Bonchev–Trinajstić information content (AvgIpc) is 2.34. The summed E-state index contributed by atoms with van der Waals surface area (Å²) in [7, 11) is 0. The molecule has 0 spiro atoms. The van der Waals surface area contributed by atoms with E-state index in [9.17, 15) is 9.59 Å². The molecule has 0 bridgehead atoms. The van der Waals surface area contributed by atoms with E-state index < -0.39 is 0 Å². The fourth-order valence-electron chi connectivity index (χ4n) is 1.42. The van der Waals surface area contributed by atoms with Gasteiger partial charge in [0.25, 0.3) is 0 Å². The highest BCUT2D eigenvalue weighted by atomic mass is 16.5. The largest absolute Gasteiger partial charge is 0.462 e. The van der Waals surface area contributed by atoms with Gasteiger partial charge in [0.2, 0.25) is 6.29 Å². The Morgan fingerprint density at radius 1 is 1.55 bits per heavy atom. The Morgan fingerprint density at radius 2 is 2.27 bits per heavy atom. The van der Waals surface area contributed by atoms with Gasteiger partial charge in [-0.3, -0.25) is 9.59 Å². The molecule has 1 rings (SSSR count). The molecule has 3 heteroatoms. The van der Waals surface area contributed by atoms with Crippen LogP contribution in [-0.4, -0.2) is 18.4 Å². The van der Waals surface area contributed by atoms with Crippen LogP contribution in [0.2, 0.25) is 0 Å². The number of hydrogen-bond acceptors (Lipinski definition) is 3. The molecule has 1 radical (unpaired) electrons. The highest BCUT2D eigenvalue weighted by Gasteiger charge is 2.29. The van der Waals surface area contributed by atoms with E-state index in [-0.39, 0.29) is 18.0 Å². The zero-order valence-electron chi connectivity index (χ0n) is 6.50. The Hall–Kier alpha value is -0.860. The highest BCUT2D eigenvalue weighted by molar-refractivity contribution is 5.67. The molecule has 61 valence electrons. The van der Waals surface area contributed by atoms with E-state index in [2.05, 4.69) is 0 Å². The summed E-state index contributed by atoms with van der Waals surface area (Å²) in [6.07, 6.45) is 4.26. The molecule has 0 aliphatic heterocycles. The molecule has 1 aliphatic carbocycles. The second-order valence-corrected chi connectivity index (χ2v) is 2.80. The van der Waals surface area contributed by atoms with Gasteiger partial charge in [-0.2, -0.15) is 0 Å². The van der Waals surface area contributed by atoms with Crippen LogP contribution in [0.1, 0.15) is 26.2 Å². The predicted molar refractivity (Wildman–Crippen MR) is 38.6 cm³/mol. The minimum atomic E-state index is -0.308. The minimum absolute atomic E-state index is 0.182. The molecular weight excluding hydrogens is 144 g/mol. The summed E-state index contributed by atoms with van der Waals surface area (Å²) < 4.78 is 4.91. The van der Waals surface area contributed by atoms with Crippen molar-refractivity contribution in [2.45, 2.75) is 32.3 Å². The summed E-state index contributed by atoms with van der Waals surface area (Å²) >= 11 is 0. The zero-order chi connectivity index (χ0) is 8.27. The number of hydrogen-bond donors (Lipinski definition) is 0. The van der Waals surface area contributed by atoms with Crippen molar-refractivity contribution in [3.05, 3.63) is 0 Å². The zero-order valence-corrected chi connectivity index (χ0v) is 6.50. The van der Waals surface area contributed by atoms with Crippen molar-refractivity contribution >= 4 is 12.3 Å². The van der Waals surface area contributed by atoms with Crippen molar-refractivity contribution in [3.63, 3.8) is 0 Å². The summed E-state index contributed by atoms with van der Waals surface area (Å²) in [5.41, 5.74) is 0. The van der Waals surface area contributed by atoms with Crippen molar-refractivity contribution in [2.24, 2.45) is 5.92 Å². The molecule has 1 saturated carbocycles. The number of ether oxygens (including phenoxy) is 1. The lowest BCUT2D eigenvalue weighted by Gasteiger charge is -2.12. The van der Waals surface area contributed by atoms with Gasteiger partial charge in [0.15, 0.2) is 0 Å². The molecule has 0 heterocycles. The molecule has 0 aromatic carbocycles. The fourth-order valence-corrected chi connectivity index (χ4v) is 1.42. The van der Waals surface area contributed by atoms with Crippen LogP contribution in [0.4, 0.5) is 0 Å². The van der Waals surface area contributed by atoms with Crippen molar-refractivity contribution in [1.82, 2.24) is 0 Å². The quantitative estimate of drug-likeness (QED) is 0.555. The molecule has 11 heavy (non-hydrogen) atoms. The van der Waals surface area contributed by atoms with Crippen LogP contribution in [0.15, 0.2) is 0 Å². The lowest BCUT2D eigenvalue weighted by Crippen LogP contribution is -2.21. The molecule has 1 aliphatic rings. The maximum atomic E-state index is 10.5. The Labute approximate surface area is 65.7 Å². The topological polar surface area (TPSA) is 43.4 Å². The molecule has 0 saturated heterocycles. The summed E-state index contributed by atoms with van der Waals surface area (Å²) in [5, 5.41) is 0. The fraction of sp³-hybridized carbons (Fsp3) is 0.750. The Kier molecular flexibility index (Phi) is 2.63. The molecule has 3 nitrogen and oxygen atoms in total. The summed E-state index contributed by atoms with van der Waals surface area (Å²) in [6, 6.07) is 0. The van der Waals surface area contributed by atoms with Crippen LogP contribution in [0.3, 0.4) is 0 Å². The molecular formula is C8H11O3. The van der Waals surface area contributed by atoms with E-state index in [0.717, 1.165) is 19.3 Å². The van der Waals surface area contributed by atoms with Crippen LogP contribution in [-0.2, 0) is 14.3 Å². The van der Waals surface area contributed by atoms with Crippen molar-refractivity contribution in [1.29, 1.82) is 0 Å². The Bertz CT molecular complexity index is 165. The first-order valence-electron chi connectivity index (χ1n) is 3.79. The maximum absolute atomic E-state index is 10.5. The first-order chi connectivity index (χ1) is 5.24. The van der Waals surface area contributed by atoms with Crippen LogP contribution < -0.4 is 0 Å². The van der Waals surface area contributed by atoms with Crippen LogP contribution in [0.25, 0.3) is 0 Å². The Balaban J connectivity index is 2.43. The molecule has 2 unspecified atom stereocenters. The van der Waals surface area contributed by atoms with Crippen molar-refractivity contribution < 1.29 is 14.3 Å². The number of carbonyl (C=O) groups is 1. The summed E-state index contributed by atoms with van der Waals surface area (Å²) in [4.78, 5) is 20.8. The van der Waals surface area contributed by atoms with Gasteiger partial charge in [-0.05, 0) is 19.3 Å². The normalized spacial score (nSPS) is 29.9.